The van der Waals surface area contributed by atoms with Gasteiger partial charge in [-0.3, -0.25) is 0 Å². The third-order valence-electron chi connectivity index (χ3n) is 2.07. The van der Waals surface area contributed by atoms with Gasteiger partial charge in [0.1, 0.15) is 17.6 Å². The van der Waals surface area contributed by atoms with E-state index in [1.165, 1.54) is 0 Å². The molecule has 0 atom stereocenters. The number of nitriles is 1. The number of hydrogen-bond donors (Lipinski definition) is 0. The Balaban J connectivity index is 2.54. The van der Waals surface area contributed by atoms with Crippen LogP contribution in [0.2, 0.25) is 0 Å². The zero-order chi connectivity index (χ0) is 12.4. The van der Waals surface area contributed by atoms with Gasteiger partial charge in [0.25, 0.3) is 0 Å². The van der Waals surface area contributed by atoms with Crippen molar-refractivity contribution in [2.75, 3.05) is 19.0 Å². The number of anilines is 1. The van der Waals surface area contributed by atoms with Crippen LogP contribution < -0.4 is 4.90 Å². The lowest BCUT2D eigenvalue weighted by Crippen LogP contribution is -2.12. The van der Waals surface area contributed by atoms with Gasteiger partial charge in [0.2, 0.25) is 0 Å². The van der Waals surface area contributed by atoms with E-state index in [2.05, 4.69) is 32.0 Å². The van der Waals surface area contributed by atoms with Crippen molar-refractivity contribution in [3.05, 3.63) is 27.7 Å². The van der Waals surface area contributed by atoms with Crippen LogP contribution in [0.25, 0.3) is 10.7 Å². The summed E-state index contributed by atoms with van der Waals surface area (Å²) in [6, 6.07) is 5.67. The Morgan fingerprint density at radius 2 is 2.12 bits per heavy atom. The maximum atomic E-state index is 8.96. The highest BCUT2D eigenvalue weighted by molar-refractivity contribution is 9.10. The van der Waals surface area contributed by atoms with Crippen molar-refractivity contribution in [3.8, 4) is 16.8 Å². The standard InChI is InChI=1S/C11H9BrN4S/c1-16(2)10-4-8(5-13)14-11(15-10)9-3-7(12)6-17-9/h3-4,6H,1-2H3. The molecule has 0 aromatic carbocycles. The quantitative estimate of drug-likeness (QED) is 0.856. The lowest BCUT2D eigenvalue weighted by molar-refractivity contribution is 1.04. The minimum Gasteiger partial charge on any atom is -0.363 e. The van der Waals surface area contributed by atoms with E-state index in [1.54, 1.807) is 17.4 Å². The average Bonchev–Trinajstić information content (AvgIpc) is 2.75. The topological polar surface area (TPSA) is 52.8 Å². The number of aromatic nitrogens is 2. The summed E-state index contributed by atoms with van der Waals surface area (Å²) in [6.07, 6.45) is 0. The van der Waals surface area contributed by atoms with Gasteiger partial charge >= 0.3 is 0 Å². The minimum absolute atomic E-state index is 0.378. The summed E-state index contributed by atoms with van der Waals surface area (Å²) in [5.74, 6) is 1.32. The van der Waals surface area contributed by atoms with Gasteiger partial charge in [-0.1, -0.05) is 0 Å². The molecule has 2 aromatic rings. The Labute approximate surface area is 112 Å². The zero-order valence-corrected chi connectivity index (χ0v) is 11.7. The van der Waals surface area contributed by atoms with E-state index in [9.17, 15) is 0 Å². The van der Waals surface area contributed by atoms with Crippen molar-refractivity contribution >= 4 is 33.1 Å². The zero-order valence-electron chi connectivity index (χ0n) is 9.31. The van der Waals surface area contributed by atoms with Crippen LogP contribution in [0, 0.1) is 11.3 Å². The first kappa shape index (κ1) is 12.0. The van der Waals surface area contributed by atoms with Crippen LogP contribution in [-0.2, 0) is 0 Å². The fourth-order valence-corrected chi connectivity index (χ4v) is 2.62. The fourth-order valence-electron chi connectivity index (χ4n) is 1.26. The van der Waals surface area contributed by atoms with Gasteiger partial charge in [-0.05, 0) is 22.0 Å². The summed E-state index contributed by atoms with van der Waals surface area (Å²) in [7, 11) is 3.77. The molecule has 0 spiro atoms. The van der Waals surface area contributed by atoms with E-state index < -0.39 is 0 Å². The highest BCUT2D eigenvalue weighted by atomic mass is 79.9. The summed E-state index contributed by atoms with van der Waals surface area (Å²) < 4.78 is 0.995. The molecular weight excluding hydrogens is 300 g/mol. The molecule has 0 bridgehead atoms. The largest absolute Gasteiger partial charge is 0.363 e. The van der Waals surface area contributed by atoms with E-state index in [0.717, 1.165) is 15.2 Å². The molecule has 0 aliphatic carbocycles. The predicted molar refractivity (Wildman–Crippen MR) is 72.1 cm³/mol. The summed E-state index contributed by atoms with van der Waals surface area (Å²) >= 11 is 4.93. The van der Waals surface area contributed by atoms with Gasteiger partial charge in [-0.25, -0.2) is 9.97 Å². The molecule has 86 valence electrons. The van der Waals surface area contributed by atoms with Gasteiger partial charge in [0, 0.05) is 30.0 Å². The lowest BCUT2D eigenvalue weighted by Gasteiger charge is -2.11. The maximum Gasteiger partial charge on any atom is 0.172 e. The van der Waals surface area contributed by atoms with Crippen LogP contribution in [0.1, 0.15) is 5.69 Å². The number of nitrogens with zero attached hydrogens (tertiary/aromatic N) is 4. The first-order chi connectivity index (χ1) is 8.10. The maximum absolute atomic E-state index is 8.96. The smallest absolute Gasteiger partial charge is 0.172 e. The molecule has 0 unspecified atom stereocenters. The van der Waals surface area contributed by atoms with Crippen LogP contribution in [-0.4, -0.2) is 24.1 Å². The summed E-state index contributed by atoms with van der Waals surface area (Å²) in [5, 5.41) is 10.9. The second kappa shape index (κ2) is 4.82. The highest BCUT2D eigenvalue weighted by Crippen LogP contribution is 2.28. The second-order valence-corrected chi connectivity index (χ2v) is 5.40. The summed E-state index contributed by atoms with van der Waals surface area (Å²) in [6.45, 7) is 0. The van der Waals surface area contributed by atoms with Crippen LogP contribution in [0.5, 0.6) is 0 Å². The fraction of sp³-hybridized carbons (Fsp3) is 0.182. The molecule has 2 heterocycles. The van der Waals surface area contributed by atoms with Gasteiger partial charge in [-0.2, -0.15) is 5.26 Å². The molecule has 0 amide bonds. The van der Waals surface area contributed by atoms with Crippen molar-refractivity contribution in [1.82, 2.24) is 9.97 Å². The molecule has 0 aliphatic rings. The third kappa shape index (κ3) is 2.62. The minimum atomic E-state index is 0.378. The van der Waals surface area contributed by atoms with E-state index in [-0.39, 0.29) is 0 Å². The Morgan fingerprint density at radius 1 is 1.35 bits per heavy atom. The van der Waals surface area contributed by atoms with E-state index in [0.29, 0.717) is 11.5 Å². The van der Waals surface area contributed by atoms with Gasteiger partial charge in [0.05, 0.1) is 4.88 Å². The van der Waals surface area contributed by atoms with Crippen LogP contribution >= 0.6 is 27.3 Å². The lowest BCUT2D eigenvalue weighted by atomic mass is 10.3. The SMILES string of the molecule is CN(C)c1cc(C#N)nc(-c2cc(Br)cs2)n1. The van der Waals surface area contributed by atoms with Crippen molar-refractivity contribution in [3.63, 3.8) is 0 Å². The number of rotatable bonds is 2. The molecule has 17 heavy (non-hydrogen) atoms. The Kier molecular flexibility index (Phi) is 3.41. The molecule has 4 nitrogen and oxygen atoms in total. The Hall–Kier alpha value is -1.45. The van der Waals surface area contributed by atoms with E-state index in [1.807, 2.05) is 30.4 Å². The normalized spacial score (nSPS) is 10.0. The van der Waals surface area contributed by atoms with E-state index in [4.69, 9.17) is 5.26 Å². The molecule has 2 aromatic heterocycles. The molecule has 0 fully saturated rings. The van der Waals surface area contributed by atoms with Crippen molar-refractivity contribution in [2.24, 2.45) is 0 Å². The van der Waals surface area contributed by atoms with Crippen molar-refractivity contribution in [1.29, 1.82) is 5.26 Å². The summed E-state index contributed by atoms with van der Waals surface area (Å²) in [5.41, 5.74) is 0.378. The number of hydrogen-bond acceptors (Lipinski definition) is 5. The molecular formula is C11H9BrN4S. The van der Waals surface area contributed by atoms with Crippen LogP contribution in [0.4, 0.5) is 5.82 Å². The van der Waals surface area contributed by atoms with Crippen molar-refractivity contribution < 1.29 is 0 Å². The number of thiophene rings is 1. The molecule has 0 saturated heterocycles. The third-order valence-corrected chi connectivity index (χ3v) is 3.76. The first-order valence-corrected chi connectivity index (χ1v) is 6.48. The highest BCUT2D eigenvalue weighted by Gasteiger charge is 2.09. The predicted octanol–water partition coefficient (Wildman–Crippen LogP) is 2.91. The van der Waals surface area contributed by atoms with E-state index >= 15 is 0 Å². The van der Waals surface area contributed by atoms with Gasteiger partial charge in [0.15, 0.2) is 5.82 Å². The molecule has 0 saturated carbocycles. The van der Waals surface area contributed by atoms with Gasteiger partial charge < -0.3 is 4.90 Å². The van der Waals surface area contributed by atoms with Crippen LogP contribution in [0.15, 0.2) is 22.0 Å². The molecule has 0 aliphatic heterocycles. The summed E-state index contributed by atoms with van der Waals surface area (Å²) in [4.78, 5) is 11.4. The molecule has 6 heteroatoms. The molecule has 0 N–H and O–H groups in total. The Bertz CT molecular complexity index is 585. The number of halogens is 1. The second-order valence-electron chi connectivity index (χ2n) is 3.57. The monoisotopic (exact) mass is 308 g/mol. The van der Waals surface area contributed by atoms with Crippen molar-refractivity contribution in [2.45, 2.75) is 0 Å². The Morgan fingerprint density at radius 3 is 2.65 bits per heavy atom. The van der Waals surface area contributed by atoms with Crippen LogP contribution in [0.3, 0.4) is 0 Å². The average molecular weight is 309 g/mol. The first-order valence-electron chi connectivity index (χ1n) is 4.81. The van der Waals surface area contributed by atoms with Gasteiger partial charge in [-0.15, -0.1) is 11.3 Å². The molecule has 0 radical (unpaired) electrons. The molecule has 2 rings (SSSR count).